The Kier molecular flexibility index (Phi) is 5.81. The van der Waals surface area contributed by atoms with Gasteiger partial charge in [0.15, 0.2) is 0 Å². The first-order valence-electron chi connectivity index (χ1n) is 5.20. The molecule has 0 aromatic carbocycles. The van der Waals surface area contributed by atoms with E-state index in [9.17, 15) is 0 Å². The highest BCUT2D eigenvalue weighted by Crippen LogP contribution is 2.08. The number of aliphatic hydroxyl groups is 1. The standard InChI is InChI=1S/C9H16ClN5O/c1-11-8-13-7(10)14-9(15-8)12-5-3-2-4-6-16/h16H,2-6H2,1H3,(H2,11,12,13,14,15). The largest absolute Gasteiger partial charge is 0.396 e. The topological polar surface area (TPSA) is 83.0 Å². The van der Waals surface area contributed by atoms with Crippen LogP contribution < -0.4 is 10.6 Å². The van der Waals surface area contributed by atoms with Crippen LogP contribution >= 0.6 is 11.6 Å². The van der Waals surface area contributed by atoms with Gasteiger partial charge in [-0.2, -0.15) is 15.0 Å². The van der Waals surface area contributed by atoms with E-state index in [1.807, 2.05) is 0 Å². The zero-order valence-electron chi connectivity index (χ0n) is 9.20. The summed E-state index contributed by atoms with van der Waals surface area (Å²) in [6, 6.07) is 0. The number of anilines is 2. The second kappa shape index (κ2) is 7.19. The van der Waals surface area contributed by atoms with Gasteiger partial charge in [0.2, 0.25) is 17.2 Å². The molecule has 0 spiro atoms. The van der Waals surface area contributed by atoms with E-state index in [4.69, 9.17) is 16.7 Å². The Morgan fingerprint density at radius 1 is 1.12 bits per heavy atom. The minimum atomic E-state index is 0.164. The van der Waals surface area contributed by atoms with Gasteiger partial charge in [0.1, 0.15) is 0 Å². The SMILES string of the molecule is CNc1nc(Cl)nc(NCCCCCO)n1. The van der Waals surface area contributed by atoms with Gasteiger partial charge in [-0.1, -0.05) is 0 Å². The maximum atomic E-state index is 8.61. The zero-order valence-corrected chi connectivity index (χ0v) is 9.96. The van der Waals surface area contributed by atoms with Crippen molar-refractivity contribution < 1.29 is 5.11 Å². The smallest absolute Gasteiger partial charge is 0.228 e. The lowest BCUT2D eigenvalue weighted by Gasteiger charge is -2.05. The Balaban J connectivity index is 2.38. The molecule has 0 saturated carbocycles. The second-order valence-electron chi connectivity index (χ2n) is 3.21. The number of halogens is 1. The second-order valence-corrected chi connectivity index (χ2v) is 3.55. The summed E-state index contributed by atoms with van der Waals surface area (Å²) in [5.74, 6) is 0.909. The van der Waals surface area contributed by atoms with Gasteiger partial charge in [-0.25, -0.2) is 0 Å². The molecule has 0 radical (unpaired) electrons. The molecule has 16 heavy (non-hydrogen) atoms. The summed E-state index contributed by atoms with van der Waals surface area (Å²) < 4.78 is 0. The molecule has 0 bridgehead atoms. The third-order valence-corrected chi connectivity index (χ3v) is 2.12. The number of unbranched alkanes of at least 4 members (excludes halogenated alkanes) is 2. The maximum Gasteiger partial charge on any atom is 0.228 e. The van der Waals surface area contributed by atoms with Crippen molar-refractivity contribution in [2.24, 2.45) is 0 Å². The molecule has 3 N–H and O–H groups in total. The summed E-state index contributed by atoms with van der Waals surface area (Å²) in [4.78, 5) is 11.9. The van der Waals surface area contributed by atoms with Crippen LogP contribution in [-0.4, -0.2) is 40.3 Å². The highest BCUT2D eigenvalue weighted by atomic mass is 35.5. The molecule has 0 aliphatic carbocycles. The van der Waals surface area contributed by atoms with Crippen molar-refractivity contribution in [1.29, 1.82) is 0 Å². The van der Waals surface area contributed by atoms with Gasteiger partial charge in [-0.15, -0.1) is 0 Å². The van der Waals surface area contributed by atoms with Crippen molar-refractivity contribution in [2.45, 2.75) is 19.3 Å². The van der Waals surface area contributed by atoms with Gasteiger partial charge in [-0.05, 0) is 30.9 Å². The molecule has 0 fully saturated rings. The Bertz CT molecular complexity index is 323. The predicted octanol–water partition coefficient (Wildman–Crippen LogP) is 1.14. The van der Waals surface area contributed by atoms with Gasteiger partial charge < -0.3 is 15.7 Å². The first kappa shape index (κ1) is 12.9. The van der Waals surface area contributed by atoms with Crippen LogP contribution in [0.2, 0.25) is 5.28 Å². The van der Waals surface area contributed by atoms with Crippen molar-refractivity contribution in [1.82, 2.24) is 15.0 Å². The molecule has 1 aromatic heterocycles. The fourth-order valence-corrected chi connectivity index (χ4v) is 1.31. The number of aromatic nitrogens is 3. The van der Waals surface area contributed by atoms with Crippen molar-refractivity contribution in [2.75, 3.05) is 30.8 Å². The fourth-order valence-electron chi connectivity index (χ4n) is 1.15. The molecule has 0 unspecified atom stereocenters. The fraction of sp³-hybridized carbons (Fsp3) is 0.667. The van der Waals surface area contributed by atoms with E-state index in [0.29, 0.717) is 11.9 Å². The van der Waals surface area contributed by atoms with Gasteiger partial charge in [-0.3, -0.25) is 0 Å². The lowest BCUT2D eigenvalue weighted by Crippen LogP contribution is -2.08. The Morgan fingerprint density at radius 3 is 2.56 bits per heavy atom. The molecule has 0 aliphatic rings. The molecule has 6 nitrogen and oxygen atoms in total. The van der Waals surface area contributed by atoms with E-state index < -0.39 is 0 Å². The van der Waals surface area contributed by atoms with Crippen molar-refractivity contribution in [3.63, 3.8) is 0 Å². The Labute approximate surface area is 99.5 Å². The summed E-state index contributed by atoms with van der Waals surface area (Å²) in [5, 5.41) is 14.6. The van der Waals surface area contributed by atoms with E-state index >= 15 is 0 Å². The molecule has 1 aromatic rings. The maximum absolute atomic E-state index is 8.61. The van der Waals surface area contributed by atoms with Crippen LogP contribution in [0.1, 0.15) is 19.3 Å². The molecule has 0 atom stereocenters. The lowest BCUT2D eigenvalue weighted by atomic mass is 10.2. The third kappa shape index (κ3) is 4.59. The molecular formula is C9H16ClN5O. The molecule has 1 heterocycles. The van der Waals surface area contributed by atoms with Crippen LogP contribution in [0, 0.1) is 0 Å². The van der Waals surface area contributed by atoms with E-state index in [2.05, 4.69) is 25.6 Å². The quantitative estimate of drug-likeness (QED) is 0.625. The minimum absolute atomic E-state index is 0.164. The van der Waals surface area contributed by atoms with E-state index in [1.54, 1.807) is 7.05 Å². The molecule has 1 rings (SSSR count). The molecule has 7 heteroatoms. The van der Waals surface area contributed by atoms with Gasteiger partial charge in [0, 0.05) is 20.2 Å². The number of nitrogens with one attached hydrogen (secondary N) is 2. The van der Waals surface area contributed by atoms with Crippen LogP contribution in [0.4, 0.5) is 11.9 Å². The monoisotopic (exact) mass is 245 g/mol. The van der Waals surface area contributed by atoms with Gasteiger partial charge >= 0.3 is 0 Å². The van der Waals surface area contributed by atoms with Crippen LogP contribution in [0.3, 0.4) is 0 Å². The lowest BCUT2D eigenvalue weighted by molar-refractivity contribution is 0.283. The summed E-state index contributed by atoms with van der Waals surface area (Å²) in [5.41, 5.74) is 0. The summed E-state index contributed by atoms with van der Waals surface area (Å²) in [6.07, 6.45) is 2.75. The highest BCUT2D eigenvalue weighted by Gasteiger charge is 2.02. The van der Waals surface area contributed by atoms with Crippen molar-refractivity contribution >= 4 is 23.5 Å². The minimum Gasteiger partial charge on any atom is -0.396 e. The highest BCUT2D eigenvalue weighted by molar-refractivity contribution is 6.28. The number of aliphatic hydroxyl groups excluding tert-OH is 1. The number of hydrogen-bond donors (Lipinski definition) is 3. The number of nitrogens with zero attached hydrogens (tertiary/aromatic N) is 3. The molecule has 0 saturated heterocycles. The Morgan fingerprint density at radius 2 is 1.88 bits per heavy atom. The van der Waals surface area contributed by atoms with Crippen molar-refractivity contribution in [3.8, 4) is 0 Å². The van der Waals surface area contributed by atoms with E-state index in [0.717, 1.165) is 25.8 Å². The van der Waals surface area contributed by atoms with Crippen molar-refractivity contribution in [3.05, 3.63) is 5.28 Å². The summed E-state index contributed by atoms with van der Waals surface area (Å²) in [7, 11) is 1.72. The van der Waals surface area contributed by atoms with Crippen LogP contribution in [-0.2, 0) is 0 Å². The third-order valence-electron chi connectivity index (χ3n) is 1.95. The molecule has 0 amide bonds. The average Bonchev–Trinajstić information content (AvgIpc) is 2.28. The predicted molar refractivity (Wildman–Crippen MR) is 63.8 cm³/mol. The Hall–Kier alpha value is -1.14. The molecule has 90 valence electrons. The molecule has 0 aliphatic heterocycles. The number of hydrogen-bond acceptors (Lipinski definition) is 6. The van der Waals surface area contributed by atoms with Gasteiger partial charge in [0.25, 0.3) is 0 Å². The number of rotatable bonds is 7. The first-order chi connectivity index (χ1) is 7.76. The zero-order chi connectivity index (χ0) is 11.8. The normalized spacial score (nSPS) is 10.2. The van der Waals surface area contributed by atoms with Crippen LogP contribution in [0.25, 0.3) is 0 Å². The average molecular weight is 246 g/mol. The van der Waals surface area contributed by atoms with E-state index in [1.165, 1.54) is 0 Å². The van der Waals surface area contributed by atoms with E-state index in [-0.39, 0.29) is 11.9 Å². The van der Waals surface area contributed by atoms with Crippen LogP contribution in [0.15, 0.2) is 0 Å². The van der Waals surface area contributed by atoms with Gasteiger partial charge in [0.05, 0.1) is 0 Å². The van der Waals surface area contributed by atoms with Crippen LogP contribution in [0.5, 0.6) is 0 Å². The summed E-state index contributed by atoms with van der Waals surface area (Å²) in [6.45, 7) is 0.991. The summed E-state index contributed by atoms with van der Waals surface area (Å²) >= 11 is 5.72. The first-order valence-corrected chi connectivity index (χ1v) is 5.58. The molecular weight excluding hydrogens is 230 g/mol.